The molecule has 0 aliphatic rings. The molecule has 3 rings (SSSR count). The average molecular weight is 354 g/mol. The van der Waals surface area contributed by atoms with Gasteiger partial charge in [0.05, 0.1) is 18.3 Å². The van der Waals surface area contributed by atoms with E-state index in [1.807, 2.05) is 54.6 Å². The Morgan fingerprint density at radius 3 is 2.32 bits per heavy atom. The molecule has 0 saturated carbocycles. The Hall–Kier alpha value is -2.86. The fourth-order valence-electron chi connectivity index (χ4n) is 2.46. The molecule has 0 saturated heterocycles. The third kappa shape index (κ3) is 4.58. The summed E-state index contributed by atoms with van der Waals surface area (Å²) in [5.41, 5.74) is 2.85. The summed E-state index contributed by atoms with van der Waals surface area (Å²) in [6, 6.07) is 17.2. The third-order valence-electron chi connectivity index (χ3n) is 3.82. The number of hydrogen-bond donors (Lipinski definition) is 2. The van der Waals surface area contributed by atoms with Crippen LogP contribution >= 0.6 is 11.3 Å². The molecule has 2 aromatic carbocycles. The second-order valence-corrected chi connectivity index (χ2v) is 6.52. The highest BCUT2D eigenvalue weighted by Crippen LogP contribution is 2.13. The first-order valence-corrected chi connectivity index (χ1v) is 8.75. The van der Waals surface area contributed by atoms with Crippen LogP contribution in [-0.2, 0) is 24.3 Å². The highest BCUT2D eigenvalue weighted by molar-refractivity contribution is 7.07. The minimum Gasteiger partial charge on any atom is -0.494 e. The van der Waals surface area contributed by atoms with E-state index in [1.165, 1.54) is 9.95 Å². The second-order valence-electron chi connectivity index (χ2n) is 5.70. The minimum atomic E-state index is -0.193. The molecule has 2 N–H and O–H groups in total. The lowest BCUT2D eigenvalue weighted by atomic mass is 10.1. The number of hydrogen-bond acceptors (Lipinski definition) is 4. The molecular formula is C19H18N2O3S. The predicted molar refractivity (Wildman–Crippen MR) is 97.8 cm³/mol. The lowest BCUT2D eigenvalue weighted by molar-refractivity contribution is -0.120. The molecule has 1 heterocycles. The number of carbonyl (C=O) groups excluding carboxylic acids is 1. The summed E-state index contributed by atoms with van der Waals surface area (Å²) in [6.45, 7) is 0.826. The van der Waals surface area contributed by atoms with Gasteiger partial charge in [0.25, 0.3) is 0 Å². The van der Waals surface area contributed by atoms with Gasteiger partial charge in [0.1, 0.15) is 0 Å². The molecule has 0 atom stereocenters. The molecule has 6 heteroatoms. The molecule has 0 aliphatic carbocycles. The molecular weight excluding hydrogens is 336 g/mol. The monoisotopic (exact) mass is 354 g/mol. The summed E-state index contributed by atoms with van der Waals surface area (Å²) < 4.78 is 1.31. The Kier molecular flexibility index (Phi) is 5.30. The smallest absolute Gasteiger partial charge is 0.310 e. The van der Waals surface area contributed by atoms with Crippen LogP contribution in [0.4, 0.5) is 0 Å². The van der Waals surface area contributed by atoms with E-state index in [4.69, 9.17) is 0 Å². The van der Waals surface area contributed by atoms with Gasteiger partial charge in [-0.15, -0.1) is 0 Å². The highest BCUT2D eigenvalue weighted by Gasteiger charge is 2.07. The van der Waals surface area contributed by atoms with E-state index in [0.717, 1.165) is 28.0 Å². The Morgan fingerprint density at radius 1 is 1.00 bits per heavy atom. The summed E-state index contributed by atoms with van der Waals surface area (Å²) in [5, 5.41) is 14.0. The number of amides is 1. The quantitative estimate of drug-likeness (QED) is 0.714. The summed E-state index contributed by atoms with van der Waals surface area (Å²) in [7, 11) is 0. The number of aromatic hydroxyl groups is 1. The van der Waals surface area contributed by atoms with Gasteiger partial charge >= 0.3 is 4.87 Å². The first-order valence-electron chi connectivity index (χ1n) is 7.87. The van der Waals surface area contributed by atoms with Crippen LogP contribution in [0.3, 0.4) is 0 Å². The topological polar surface area (TPSA) is 71.3 Å². The summed E-state index contributed by atoms with van der Waals surface area (Å²) in [6.07, 6.45) is 0.302. The van der Waals surface area contributed by atoms with Crippen LogP contribution in [-0.4, -0.2) is 15.6 Å². The molecule has 3 aromatic rings. The zero-order valence-electron chi connectivity index (χ0n) is 13.5. The summed E-state index contributed by atoms with van der Waals surface area (Å²) in [5.74, 6) is -0.0670. The van der Waals surface area contributed by atoms with Crippen molar-refractivity contribution in [2.75, 3.05) is 0 Å². The Labute approximate surface area is 149 Å². The standard InChI is InChI=1S/C19H18N2O3S/c22-17(20-11-15-4-2-1-3-5-15)10-14-6-8-16(9-7-14)12-21-18(23)13-25-19(21)24/h1-9,13,23H,10-12H2,(H,20,22). The van der Waals surface area contributed by atoms with Gasteiger partial charge in [-0.05, 0) is 16.7 Å². The number of carbonyl (C=O) groups is 1. The Bertz CT molecular complexity index is 898. The van der Waals surface area contributed by atoms with Crippen molar-refractivity contribution in [1.29, 1.82) is 0 Å². The third-order valence-corrected chi connectivity index (χ3v) is 4.57. The maximum absolute atomic E-state index is 12.0. The van der Waals surface area contributed by atoms with Crippen molar-refractivity contribution in [3.05, 3.63) is 86.3 Å². The van der Waals surface area contributed by atoms with Gasteiger partial charge in [-0.1, -0.05) is 65.9 Å². The number of benzene rings is 2. The number of rotatable bonds is 6. The van der Waals surface area contributed by atoms with Gasteiger partial charge in [-0.3, -0.25) is 14.2 Å². The van der Waals surface area contributed by atoms with E-state index < -0.39 is 0 Å². The first kappa shape index (κ1) is 17.0. The number of nitrogens with zero attached hydrogens (tertiary/aromatic N) is 1. The van der Waals surface area contributed by atoms with Crippen molar-refractivity contribution >= 4 is 17.2 Å². The molecule has 0 spiro atoms. The van der Waals surface area contributed by atoms with Crippen LogP contribution < -0.4 is 10.2 Å². The summed E-state index contributed by atoms with van der Waals surface area (Å²) >= 11 is 0.970. The average Bonchev–Trinajstić information content (AvgIpc) is 2.94. The van der Waals surface area contributed by atoms with Gasteiger partial charge in [0, 0.05) is 6.54 Å². The van der Waals surface area contributed by atoms with E-state index >= 15 is 0 Å². The first-order chi connectivity index (χ1) is 12.1. The van der Waals surface area contributed by atoms with E-state index in [1.54, 1.807) is 0 Å². The lowest BCUT2D eigenvalue weighted by Gasteiger charge is -2.07. The van der Waals surface area contributed by atoms with E-state index in [0.29, 0.717) is 19.5 Å². The lowest BCUT2D eigenvalue weighted by Crippen LogP contribution is -2.24. The molecule has 1 aromatic heterocycles. The fourth-order valence-corrected chi connectivity index (χ4v) is 3.08. The van der Waals surface area contributed by atoms with Gasteiger partial charge < -0.3 is 10.4 Å². The predicted octanol–water partition coefficient (Wildman–Crippen LogP) is 2.52. The zero-order chi connectivity index (χ0) is 17.6. The van der Waals surface area contributed by atoms with E-state index in [-0.39, 0.29) is 16.7 Å². The van der Waals surface area contributed by atoms with Crippen LogP contribution in [0.25, 0.3) is 0 Å². The number of nitrogens with one attached hydrogen (secondary N) is 1. The van der Waals surface area contributed by atoms with Crippen LogP contribution in [0.2, 0.25) is 0 Å². The maximum atomic E-state index is 12.0. The SMILES string of the molecule is O=C(Cc1ccc(Cn2c(O)csc2=O)cc1)NCc1ccccc1. The summed E-state index contributed by atoms with van der Waals surface area (Å²) in [4.78, 5) is 23.4. The van der Waals surface area contributed by atoms with Gasteiger partial charge in [-0.2, -0.15) is 0 Å². The molecule has 25 heavy (non-hydrogen) atoms. The largest absolute Gasteiger partial charge is 0.494 e. The van der Waals surface area contributed by atoms with Crippen molar-refractivity contribution in [3.63, 3.8) is 0 Å². The minimum absolute atomic E-state index is 0.0284. The van der Waals surface area contributed by atoms with Gasteiger partial charge in [0.2, 0.25) is 11.8 Å². The van der Waals surface area contributed by atoms with Gasteiger partial charge in [-0.25, -0.2) is 0 Å². The normalized spacial score (nSPS) is 10.6. The molecule has 0 bridgehead atoms. The van der Waals surface area contributed by atoms with Crippen LogP contribution in [0.1, 0.15) is 16.7 Å². The van der Waals surface area contributed by atoms with Crippen LogP contribution in [0.15, 0.2) is 64.8 Å². The highest BCUT2D eigenvalue weighted by atomic mass is 32.1. The molecule has 0 fully saturated rings. The maximum Gasteiger partial charge on any atom is 0.310 e. The zero-order valence-corrected chi connectivity index (χ0v) is 14.3. The fraction of sp³-hybridized carbons (Fsp3) is 0.158. The molecule has 0 unspecified atom stereocenters. The van der Waals surface area contributed by atoms with Crippen molar-refractivity contribution in [3.8, 4) is 5.88 Å². The molecule has 0 radical (unpaired) electrons. The van der Waals surface area contributed by atoms with Crippen LogP contribution in [0.5, 0.6) is 5.88 Å². The van der Waals surface area contributed by atoms with Crippen molar-refractivity contribution in [1.82, 2.24) is 9.88 Å². The van der Waals surface area contributed by atoms with Gasteiger partial charge in [0.15, 0.2) is 0 Å². The Morgan fingerprint density at radius 2 is 1.68 bits per heavy atom. The molecule has 1 amide bonds. The van der Waals surface area contributed by atoms with Crippen molar-refractivity contribution in [2.24, 2.45) is 0 Å². The van der Waals surface area contributed by atoms with Crippen molar-refractivity contribution < 1.29 is 9.90 Å². The van der Waals surface area contributed by atoms with Crippen LogP contribution in [0, 0.1) is 0 Å². The molecule has 5 nitrogen and oxygen atoms in total. The number of aromatic nitrogens is 1. The van der Waals surface area contributed by atoms with E-state index in [2.05, 4.69) is 5.32 Å². The van der Waals surface area contributed by atoms with E-state index in [9.17, 15) is 14.7 Å². The van der Waals surface area contributed by atoms with Crippen molar-refractivity contribution in [2.45, 2.75) is 19.5 Å². The Balaban J connectivity index is 1.55. The number of thiazole rings is 1. The second kappa shape index (κ2) is 7.81. The molecule has 128 valence electrons. The molecule has 0 aliphatic heterocycles.